The van der Waals surface area contributed by atoms with Gasteiger partial charge in [-0.1, -0.05) is 0 Å². The lowest BCUT2D eigenvalue weighted by Gasteiger charge is -2.25. The van der Waals surface area contributed by atoms with Gasteiger partial charge in [-0.25, -0.2) is 9.97 Å². The standard InChI is InChI=1S/C12H19N3O/c1-9(16)7-15(2)12-10-5-3-4-6-11(10)13-8-14-12/h8-9,16H,3-7H2,1-2H3. The van der Waals surface area contributed by atoms with Crippen LogP contribution in [0.15, 0.2) is 6.33 Å². The first-order valence-corrected chi connectivity index (χ1v) is 5.90. The molecule has 1 aliphatic carbocycles. The maximum atomic E-state index is 9.40. The summed E-state index contributed by atoms with van der Waals surface area (Å²) < 4.78 is 0. The van der Waals surface area contributed by atoms with Crippen LogP contribution in [0.4, 0.5) is 5.82 Å². The molecule has 88 valence electrons. The largest absolute Gasteiger partial charge is 0.392 e. The van der Waals surface area contributed by atoms with Crippen molar-refractivity contribution in [3.8, 4) is 0 Å². The fourth-order valence-electron chi connectivity index (χ4n) is 2.32. The van der Waals surface area contributed by atoms with Crippen LogP contribution < -0.4 is 4.90 Å². The third-order valence-corrected chi connectivity index (χ3v) is 3.00. The van der Waals surface area contributed by atoms with Gasteiger partial charge in [0.15, 0.2) is 0 Å². The van der Waals surface area contributed by atoms with Gasteiger partial charge in [-0.05, 0) is 32.6 Å². The first-order chi connectivity index (χ1) is 7.68. The lowest BCUT2D eigenvalue weighted by Crippen LogP contribution is -2.29. The minimum atomic E-state index is -0.334. The van der Waals surface area contributed by atoms with E-state index in [0.717, 1.165) is 18.7 Å². The fourth-order valence-corrected chi connectivity index (χ4v) is 2.32. The van der Waals surface area contributed by atoms with Gasteiger partial charge in [-0.15, -0.1) is 0 Å². The number of anilines is 1. The van der Waals surface area contributed by atoms with Crippen LogP contribution in [0.5, 0.6) is 0 Å². The van der Waals surface area contributed by atoms with E-state index in [4.69, 9.17) is 0 Å². The Morgan fingerprint density at radius 2 is 2.12 bits per heavy atom. The van der Waals surface area contributed by atoms with Crippen LogP contribution in [0, 0.1) is 0 Å². The summed E-state index contributed by atoms with van der Waals surface area (Å²) in [4.78, 5) is 10.7. The number of fused-ring (bicyclic) bond motifs is 1. The number of aromatic nitrogens is 2. The van der Waals surface area contributed by atoms with Gasteiger partial charge >= 0.3 is 0 Å². The van der Waals surface area contributed by atoms with Gasteiger partial charge in [-0.2, -0.15) is 0 Å². The second kappa shape index (κ2) is 4.78. The Labute approximate surface area is 96.3 Å². The van der Waals surface area contributed by atoms with Crippen LogP contribution >= 0.6 is 0 Å². The van der Waals surface area contributed by atoms with Crippen molar-refractivity contribution >= 4 is 5.82 Å². The highest BCUT2D eigenvalue weighted by Gasteiger charge is 2.18. The van der Waals surface area contributed by atoms with E-state index in [1.54, 1.807) is 13.3 Å². The van der Waals surface area contributed by atoms with E-state index in [1.165, 1.54) is 24.1 Å². The average Bonchev–Trinajstić information content (AvgIpc) is 2.27. The number of nitrogens with zero attached hydrogens (tertiary/aromatic N) is 3. The summed E-state index contributed by atoms with van der Waals surface area (Å²) in [5.74, 6) is 0.991. The molecule has 1 atom stereocenters. The molecule has 0 radical (unpaired) electrons. The van der Waals surface area contributed by atoms with E-state index in [0.29, 0.717) is 6.54 Å². The lowest BCUT2D eigenvalue weighted by molar-refractivity contribution is 0.201. The zero-order valence-electron chi connectivity index (χ0n) is 9.98. The number of likely N-dealkylation sites (N-methyl/N-ethyl adjacent to an activating group) is 1. The maximum absolute atomic E-state index is 9.40. The molecule has 0 saturated heterocycles. The summed E-state index contributed by atoms with van der Waals surface area (Å²) in [5, 5.41) is 9.40. The minimum Gasteiger partial charge on any atom is -0.392 e. The summed E-state index contributed by atoms with van der Waals surface area (Å²) in [6.07, 6.45) is 5.87. The van der Waals surface area contributed by atoms with Gasteiger partial charge in [0.25, 0.3) is 0 Å². The van der Waals surface area contributed by atoms with Gasteiger partial charge < -0.3 is 10.0 Å². The van der Waals surface area contributed by atoms with Crippen molar-refractivity contribution in [2.45, 2.75) is 38.7 Å². The van der Waals surface area contributed by atoms with Gasteiger partial charge in [-0.3, -0.25) is 0 Å². The highest BCUT2D eigenvalue weighted by Crippen LogP contribution is 2.26. The molecular weight excluding hydrogens is 202 g/mol. The van der Waals surface area contributed by atoms with E-state index < -0.39 is 0 Å². The number of rotatable bonds is 3. The molecule has 0 aliphatic heterocycles. The van der Waals surface area contributed by atoms with Crippen LogP contribution in [0.1, 0.15) is 31.0 Å². The Hall–Kier alpha value is -1.16. The molecule has 1 aromatic rings. The van der Waals surface area contributed by atoms with Crippen LogP contribution in [-0.4, -0.2) is 34.8 Å². The zero-order chi connectivity index (χ0) is 11.5. The van der Waals surface area contributed by atoms with Gasteiger partial charge in [0.1, 0.15) is 12.1 Å². The van der Waals surface area contributed by atoms with Gasteiger partial charge in [0.05, 0.1) is 6.10 Å². The number of hydrogen-bond donors (Lipinski definition) is 1. The first kappa shape index (κ1) is 11.3. The predicted molar refractivity (Wildman–Crippen MR) is 63.6 cm³/mol. The molecule has 1 aliphatic rings. The van der Waals surface area contributed by atoms with Crippen molar-refractivity contribution < 1.29 is 5.11 Å². The highest BCUT2D eigenvalue weighted by molar-refractivity contribution is 5.48. The van der Waals surface area contributed by atoms with E-state index in [9.17, 15) is 5.11 Å². The number of aliphatic hydroxyl groups is 1. The molecule has 0 aromatic carbocycles. The molecule has 4 heteroatoms. The monoisotopic (exact) mass is 221 g/mol. The number of aliphatic hydroxyl groups excluding tert-OH is 1. The van der Waals surface area contributed by atoms with Crippen molar-refractivity contribution in [2.24, 2.45) is 0 Å². The Bertz CT molecular complexity index is 365. The molecule has 0 saturated carbocycles. The highest BCUT2D eigenvalue weighted by atomic mass is 16.3. The first-order valence-electron chi connectivity index (χ1n) is 5.90. The van der Waals surface area contributed by atoms with E-state index >= 15 is 0 Å². The second-order valence-electron chi connectivity index (χ2n) is 4.56. The summed E-state index contributed by atoms with van der Waals surface area (Å²) in [6, 6.07) is 0. The Balaban J connectivity index is 2.26. The van der Waals surface area contributed by atoms with Crippen molar-refractivity contribution in [2.75, 3.05) is 18.5 Å². The normalized spacial score (nSPS) is 16.7. The van der Waals surface area contributed by atoms with Crippen LogP contribution in [0.3, 0.4) is 0 Å². The topological polar surface area (TPSA) is 49.2 Å². The summed E-state index contributed by atoms with van der Waals surface area (Å²) in [5.41, 5.74) is 2.46. The Kier molecular flexibility index (Phi) is 3.39. The average molecular weight is 221 g/mol. The van der Waals surface area contributed by atoms with Crippen molar-refractivity contribution in [3.05, 3.63) is 17.6 Å². The molecule has 0 amide bonds. The number of hydrogen-bond acceptors (Lipinski definition) is 4. The van der Waals surface area contributed by atoms with Crippen molar-refractivity contribution in [3.63, 3.8) is 0 Å². The SMILES string of the molecule is CC(O)CN(C)c1ncnc2c1CCCC2. The van der Waals surface area contributed by atoms with Crippen molar-refractivity contribution in [1.82, 2.24) is 9.97 Å². The Morgan fingerprint density at radius 1 is 1.38 bits per heavy atom. The molecule has 0 bridgehead atoms. The third kappa shape index (κ3) is 2.32. The molecule has 1 aromatic heterocycles. The second-order valence-corrected chi connectivity index (χ2v) is 4.56. The van der Waals surface area contributed by atoms with Crippen LogP contribution in [0.25, 0.3) is 0 Å². The van der Waals surface area contributed by atoms with Gasteiger partial charge in [0.2, 0.25) is 0 Å². The summed E-state index contributed by atoms with van der Waals surface area (Å²) in [6.45, 7) is 2.41. The zero-order valence-corrected chi connectivity index (χ0v) is 9.98. The number of aryl methyl sites for hydroxylation is 1. The summed E-state index contributed by atoms with van der Waals surface area (Å²) in [7, 11) is 1.98. The third-order valence-electron chi connectivity index (χ3n) is 3.00. The maximum Gasteiger partial charge on any atom is 0.135 e. The van der Waals surface area contributed by atoms with E-state index in [1.807, 2.05) is 11.9 Å². The predicted octanol–water partition coefficient (Wildman–Crippen LogP) is 1.17. The molecule has 0 spiro atoms. The molecule has 2 rings (SSSR count). The van der Waals surface area contributed by atoms with Crippen molar-refractivity contribution in [1.29, 1.82) is 0 Å². The fraction of sp³-hybridized carbons (Fsp3) is 0.667. The van der Waals surface area contributed by atoms with Gasteiger partial charge in [0, 0.05) is 24.8 Å². The quantitative estimate of drug-likeness (QED) is 0.832. The molecule has 16 heavy (non-hydrogen) atoms. The lowest BCUT2D eigenvalue weighted by atomic mass is 9.96. The molecular formula is C12H19N3O. The summed E-state index contributed by atoms with van der Waals surface area (Å²) >= 11 is 0. The van der Waals surface area contributed by atoms with Crippen LogP contribution in [-0.2, 0) is 12.8 Å². The smallest absolute Gasteiger partial charge is 0.135 e. The van der Waals surface area contributed by atoms with E-state index in [2.05, 4.69) is 9.97 Å². The molecule has 1 unspecified atom stereocenters. The Morgan fingerprint density at radius 3 is 2.88 bits per heavy atom. The minimum absolute atomic E-state index is 0.334. The molecule has 4 nitrogen and oxygen atoms in total. The van der Waals surface area contributed by atoms with E-state index in [-0.39, 0.29) is 6.10 Å². The molecule has 1 heterocycles. The molecule has 1 N–H and O–H groups in total. The van der Waals surface area contributed by atoms with Crippen LogP contribution in [0.2, 0.25) is 0 Å². The molecule has 0 fully saturated rings.